The topological polar surface area (TPSA) is 95.6 Å². The number of hydrazine groups is 1. The smallest absolute Gasteiger partial charge is 0.269 e. The van der Waals surface area contributed by atoms with E-state index < -0.39 is 15.9 Å². The first-order chi connectivity index (χ1) is 12.0. The van der Waals surface area contributed by atoms with Crippen LogP contribution < -0.4 is 10.9 Å². The Kier molecular flexibility index (Phi) is 5.39. The van der Waals surface area contributed by atoms with Crippen molar-refractivity contribution in [2.75, 3.05) is 13.1 Å². The number of rotatable bonds is 4. The maximum Gasteiger partial charge on any atom is 0.269 e. The van der Waals surface area contributed by atoms with E-state index in [4.69, 9.17) is 0 Å². The van der Waals surface area contributed by atoms with Gasteiger partial charge in [0.05, 0.1) is 4.90 Å². The van der Waals surface area contributed by atoms with E-state index in [9.17, 15) is 18.0 Å². The number of nitrogens with zero attached hydrogens (tertiary/aromatic N) is 1. The molecule has 1 saturated carbocycles. The molecule has 0 bridgehead atoms. The summed E-state index contributed by atoms with van der Waals surface area (Å²) in [6.45, 7) is 1.02. The van der Waals surface area contributed by atoms with E-state index in [0.29, 0.717) is 13.1 Å². The first-order valence-electron chi connectivity index (χ1n) is 8.69. The van der Waals surface area contributed by atoms with E-state index in [-0.39, 0.29) is 22.3 Å². The average Bonchev–Trinajstić information content (AvgIpc) is 3.33. The summed E-state index contributed by atoms with van der Waals surface area (Å²) in [7, 11) is -3.57. The summed E-state index contributed by atoms with van der Waals surface area (Å²) >= 11 is 0. The van der Waals surface area contributed by atoms with Crippen molar-refractivity contribution in [3.05, 3.63) is 29.8 Å². The summed E-state index contributed by atoms with van der Waals surface area (Å²) in [5.74, 6) is -0.765. The van der Waals surface area contributed by atoms with Crippen molar-refractivity contribution in [3.8, 4) is 0 Å². The Morgan fingerprint density at radius 3 is 2.36 bits per heavy atom. The predicted octanol–water partition coefficient (Wildman–Crippen LogP) is 1.42. The third kappa shape index (κ3) is 4.01. The first kappa shape index (κ1) is 17.9. The molecule has 2 aliphatic rings. The van der Waals surface area contributed by atoms with Gasteiger partial charge in [-0.3, -0.25) is 20.4 Å². The molecule has 1 saturated heterocycles. The summed E-state index contributed by atoms with van der Waals surface area (Å²) in [5.41, 5.74) is 5.02. The fourth-order valence-corrected chi connectivity index (χ4v) is 4.92. The van der Waals surface area contributed by atoms with Gasteiger partial charge in [0, 0.05) is 24.6 Å². The van der Waals surface area contributed by atoms with Crippen LogP contribution in [-0.4, -0.2) is 37.6 Å². The van der Waals surface area contributed by atoms with Gasteiger partial charge in [-0.25, -0.2) is 8.42 Å². The van der Waals surface area contributed by atoms with Crippen LogP contribution in [0.4, 0.5) is 0 Å². The first-order valence-corrected chi connectivity index (χ1v) is 10.1. The molecule has 1 aliphatic heterocycles. The maximum absolute atomic E-state index is 12.6. The zero-order chi connectivity index (χ0) is 17.9. The zero-order valence-electron chi connectivity index (χ0n) is 14.0. The van der Waals surface area contributed by atoms with Gasteiger partial charge in [0.1, 0.15) is 0 Å². The number of nitrogens with one attached hydrogen (secondary N) is 2. The highest BCUT2D eigenvalue weighted by Crippen LogP contribution is 2.24. The minimum Gasteiger partial charge on any atom is -0.273 e. The van der Waals surface area contributed by atoms with Crippen LogP contribution in [0.15, 0.2) is 29.2 Å². The fourth-order valence-electron chi connectivity index (χ4n) is 3.36. The molecule has 0 atom stereocenters. The zero-order valence-corrected chi connectivity index (χ0v) is 14.8. The molecule has 3 rings (SSSR count). The van der Waals surface area contributed by atoms with Gasteiger partial charge >= 0.3 is 0 Å². The van der Waals surface area contributed by atoms with Gasteiger partial charge in [0.25, 0.3) is 5.91 Å². The average molecular weight is 365 g/mol. The van der Waals surface area contributed by atoms with Gasteiger partial charge < -0.3 is 0 Å². The SMILES string of the molecule is O=C(NNC(=O)C1CCCC1)c1cccc(S(=O)(=O)N2CCCC2)c1. The van der Waals surface area contributed by atoms with Crippen molar-refractivity contribution in [2.24, 2.45) is 5.92 Å². The third-order valence-corrected chi connectivity index (χ3v) is 6.72. The predicted molar refractivity (Wildman–Crippen MR) is 92.0 cm³/mol. The minimum absolute atomic E-state index is 0.0535. The molecule has 25 heavy (non-hydrogen) atoms. The molecule has 1 heterocycles. The number of carbonyl (C=O) groups excluding carboxylic acids is 2. The second kappa shape index (κ2) is 7.53. The molecule has 0 unspecified atom stereocenters. The number of sulfonamides is 1. The second-order valence-electron chi connectivity index (χ2n) is 6.56. The normalized spacial score (nSPS) is 19.0. The van der Waals surface area contributed by atoms with Crippen molar-refractivity contribution in [1.82, 2.24) is 15.2 Å². The lowest BCUT2D eigenvalue weighted by atomic mass is 10.1. The lowest BCUT2D eigenvalue weighted by Gasteiger charge is -2.16. The molecule has 136 valence electrons. The summed E-state index contributed by atoms with van der Waals surface area (Å²) in [6, 6.07) is 5.91. The molecule has 0 aromatic heterocycles. The summed E-state index contributed by atoms with van der Waals surface area (Å²) in [4.78, 5) is 24.3. The van der Waals surface area contributed by atoms with Crippen LogP contribution in [-0.2, 0) is 14.8 Å². The highest BCUT2D eigenvalue weighted by atomic mass is 32.2. The number of amides is 2. The molecule has 2 amide bonds. The Morgan fingerprint density at radius 2 is 1.68 bits per heavy atom. The van der Waals surface area contributed by atoms with Gasteiger partial charge in [-0.1, -0.05) is 18.9 Å². The molecule has 0 radical (unpaired) electrons. The number of carbonyl (C=O) groups is 2. The van der Waals surface area contributed by atoms with Crippen molar-refractivity contribution in [2.45, 2.75) is 43.4 Å². The van der Waals surface area contributed by atoms with E-state index in [1.165, 1.54) is 28.6 Å². The van der Waals surface area contributed by atoms with Crippen molar-refractivity contribution in [1.29, 1.82) is 0 Å². The molecule has 8 heteroatoms. The molecule has 2 N–H and O–H groups in total. The van der Waals surface area contributed by atoms with Crippen LogP contribution in [0.3, 0.4) is 0 Å². The summed E-state index contributed by atoms with van der Waals surface area (Å²) < 4.78 is 26.6. The minimum atomic E-state index is -3.57. The van der Waals surface area contributed by atoms with Gasteiger partial charge in [0.2, 0.25) is 15.9 Å². The summed E-state index contributed by atoms with van der Waals surface area (Å²) in [5, 5.41) is 0. The van der Waals surface area contributed by atoms with Crippen LogP contribution in [0.1, 0.15) is 48.9 Å². The molecular formula is C17H23N3O4S. The maximum atomic E-state index is 12.6. The van der Waals surface area contributed by atoms with E-state index in [0.717, 1.165) is 38.5 Å². The largest absolute Gasteiger partial charge is 0.273 e. The molecule has 1 aromatic carbocycles. The molecular weight excluding hydrogens is 342 g/mol. The summed E-state index contributed by atoms with van der Waals surface area (Å²) in [6.07, 6.45) is 5.45. The van der Waals surface area contributed by atoms with E-state index in [1.807, 2.05) is 0 Å². The Labute approximate surface area is 147 Å². The second-order valence-corrected chi connectivity index (χ2v) is 8.50. The van der Waals surface area contributed by atoms with E-state index in [1.54, 1.807) is 0 Å². The Bertz CT molecular complexity index is 751. The van der Waals surface area contributed by atoms with Crippen LogP contribution in [0.2, 0.25) is 0 Å². The Balaban J connectivity index is 1.66. The molecule has 7 nitrogen and oxygen atoms in total. The molecule has 1 aliphatic carbocycles. The Morgan fingerprint density at radius 1 is 1.00 bits per heavy atom. The van der Waals surface area contributed by atoms with Gasteiger partial charge in [-0.2, -0.15) is 4.31 Å². The van der Waals surface area contributed by atoms with E-state index in [2.05, 4.69) is 10.9 Å². The van der Waals surface area contributed by atoms with Crippen LogP contribution in [0, 0.1) is 5.92 Å². The monoisotopic (exact) mass is 365 g/mol. The van der Waals surface area contributed by atoms with Crippen molar-refractivity contribution in [3.63, 3.8) is 0 Å². The van der Waals surface area contributed by atoms with E-state index >= 15 is 0 Å². The highest BCUT2D eigenvalue weighted by Gasteiger charge is 2.28. The van der Waals surface area contributed by atoms with Gasteiger partial charge in [-0.05, 0) is 43.9 Å². The van der Waals surface area contributed by atoms with Gasteiger partial charge in [0.15, 0.2) is 0 Å². The number of hydrogen-bond donors (Lipinski definition) is 2. The van der Waals surface area contributed by atoms with Crippen LogP contribution in [0.5, 0.6) is 0 Å². The molecule has 0 spiro atoms. The van der Waals surface area contributed by atoms with Crippen molar-refractivity contribution >= 4 is 21.8 Å². The quantitative estimate of drug-likeness (QED) is 0.789. The number of hydrogen-bond acceptors (Lipinski definition) is 4. The van der Waals surface area contributed by atoms with Gasteiger partial charge in [-0.15, -0.1) is 0 Å². The number of benzene rings is 1. The van der Waals surface area contributed by atoms with Crippen LogP contribution in [0.25, 0.3) is 0 Å². The fraction of sp³-hybridized carbons (Fsp3) is 0.529. The highest BCUT2D eigenvalue weighted by molar-refractivity contribution is 7.89. The standard InChI is InChI=1S/C17H23N3O4S/c21-16(13-6-1-2-7-13)18-19-17(22)14-8-5-9-15(12-14)25(23,24)20-10-3-4-11-20/h5,8-9,12-13H,1-4,6-7,10-11H2,(H,18,21)(H,19,22). The van der Waals surface area contributed by atoms with Crippen LogP contribution >= 0.6 is 0 Å². The molecule has 2 fully saturated rings. The third-order valence-electron chi connectivity index (χ3n) is 4.82. The molecule has 1 aromatic rings. The Hall–Kier alpha value is -1.93. The lowest BCUT2D eigenvalue weighted by Crippen LogP contribution is -2.44. The lowest BCUT2D eigenvalue weighted by molar-refractivity contribution is -0.125. The van der Waals surface area contributed by atoms with Crippen molar-refractivity contribution < 1.29 is 18.0 Å².